The molecular weight excluding hydrogens is 390 g/mol. The van der Waals surface area contributed by atoms with Gasteiger partial charge in [0.05, 0.1) is 6.04 Å². The SMILES string of the molecule is CC(=O)OC[C@H](C[C@H](C)C(=O)N(C)[C@@H](C)[C@@H](OC(C)=O)c1ccccc1)OC(C)=O. The van der Waals surface area contributed by atoms with E-state index in [1.165, 1.54) is 25.7 Å². The van der Waals surface area contributed by atoms with Gasteiger partial charge >= 0.3 is 17.9 Å². The van der Waals surface area contributed by atoms with Gasteiger partial charge in [-0.05, 0) is 18.9 Å². The Labute approximate surface area is 177 Å². The summed E-state index contributed by atoms with van der Waals surface area (Å²) in [6, 6.07) is 8.76. The van der Waals surface area contributed by atoms with Crippen molar-refractivity contribution in [1.82, 2.24) is 4.90 Å². The smallest absolute Gasteiger partial charge is 0.303 e. The van der Waals surface area contributed by atoms with E-state index in [2.05, 4.69) is 0 Å². The van der Waals surface area contributed by atoms with E-state index in [9.17, 15) is 19.2 Å². The summed E-state index contributed by atoms with van der Waals surface area (Å²) in [6.45, 7) is 7.23. The van der Waals surface area contributed by atoms with Crippen LogP contribution in [-0.4, -0.2) is 54.5 Å². The second-order valence-electron chi connectivity index (χ2n) is 7.30. The van der Waals surface area contributed by atoms with E-state index in [0.29, 0.717) is 0 Å². The van der Waals surface area contributed by atoms with E-state index in [1.807, 2.05) is 30.3 Å². The molecule has 1 aromatic carbocycles. The average molecular weight is 421 g/mol. The zero-order valence-electron chi connectivity index (χ0n) is 18.4. The van der Waals surface area contributed by atoms with Gasteiger partial charge in [0.25, 0.3) is 0 Å². The number of nitrogens with zero attached hydrogens (tertiary/aromatic N) is 1. The van der Waals surface area contributed by atoms with Gasteiger partial charge in [0.2, 0.25) is 5.91 Å². The van der Waals surface area contributed by atoms with Crippen LogP contribution in [0.4, 0.5) is 0 Å². The number of hydrogen-bond donors (Lipinski definition) is 0. The Kier molecular flexibility index (Phi) is 10.0. The molecule has 0 aliphatic heterocycles. The van der Waals surface area contributed by atoms with Crippen molar-refractivity contribution in [3.63, 3.8) is 0 Å². The number of amides is 1. The molecule has 0 bridgehead atoms. The molecule has 0 heterocycles. The molecule has 30 heavy (non-hydrogen) atoms. The fourth-order valence-corrected chi connectivity index (χ4v) is 3.11. The number of esters is 3. The Bertz CT molecular complexity index is 734. The summed E-state index contributed by atoms with van der Waals surface area (Å²) in [5.41, 5.74) is 0.778. The molecule has 4 atom stereocenters. The van der Waals surface area contributed by atoms with Crippen LogP contribution in [0.1, 0.15) is 52.7 Å². The van der Waals surface area contributed by atoms with E-state index < -0.39 is 42.1 Å². The molecule has 0 fully saturated rings. The van der Waals surface area contributed by atoms with Crippen molar-refractivity contribution in [3.8, 4) is 0 Å². The van der Waals surface area contributed by atoms with E-state index in [4.69, 9.17) is 14.2 Å². The summed E-state index contributed by atoms with van der Waals surface area (Å²) >= 11 is 0. The van der Waals surface area contributed by atoms with Crippen LogP contribution in [0, 0.1) is 5.92 Å². The number of rotatable bonds is 10. The highest BCUT2D eigenvalue weighted by atomic mass is 16.6. The lowest BCUT2D eigenvalue weighted by Gasteiger charge is -2.33. The van der Waals surface area contributed by atoms with Crippen molar-refractivity contribution in [1.29, 1.82) is 0 Å². The first kappa shape index (κ1) is 25.1. The predicted molar refractivity (Wildman–Crippen MR) is 109 cm³/mol. The number of likely N-dealkylation sites (N-methyl/N-ethyl adjacent to an activating group) is 1. The third-order valence-corrected chi connectivity index (χ3v) is 4.66. The Hall–Kier alpha value is -2.90. The second-order valence-corrected chi connectivity index (χ2v) is 7.30. The van der Waals surface area contributed by atoms with Gasteiger partial charge in [0.1, 0.15) is 18.8 Å². The molecule has 1 rings (SSSR count). The van der Waals surface area contributed by atoms with Gasteiger partial charge < -0.3 is 19.1 Å². The van der Waals surface area contributed by atoms with Gasteiger partial charge in [-0.1, -0.05) is 37.3 Å². The fourth-order valence-electron chi connectivity index (χ4n) is 3.11. The minimum atomic E-state index is -0.729. The van der Waals surface area contributed by atoms with Crippen LogP contribution in [0.5, 0.6) is 0 Å². The highest BCUT2D eigenvalue weighted by Gasteiger charge is 2.32. The molecule has 1 aromatic rings. The minimum Gasteiger partial charge on any atom is -0.462 e. The first-order chi connectivity index (χ1) is 14.0. The van der Waals surface area contributed by atoms with Gasteiger partial charge in [0.15, 0.2) is 0 Å². The van der Waals surface area contributed by atoms with Crippen molar-refractivity contribution in [2.75, 3.05) is 13.7 Å². The normalized spacial score (nSPS) is 14.6. The standard InChI is InChI=1S/C22H31NO7/c1-14(12-20(29-17(4)25)13-28-16(3)24)22(27)23(6)15(2)21(30-18(5)26)19-10-8-7-9-11-19/h7-11,14-15,20-21H,12-13H2,1-6H3/t14-,15-,20-,21+/m0/s1. The quantitative estimate of drug-likeness (QED) is 0.423. The van der Waals surface area contributed by atoms with E-state index in [-0.39, 0.29) is 18.9 Å². The molecule has 0 aliphatic rings. The molecule has 0 N–H and O–H groups in total. The molecule has 8 heteroatoms. The van der Waals surface area contributed by atoms with Gasteiger partial charge in [-0.25, -0.2) is 0 Å². The third kappa shape index (κ3) is 8.23. The lowest BCUT2D eigenvalue weighted by Crippen LogP contribution is -2.43. The number of carbonyl (C=O) groups is 4. The highest BCUT2D eigenvalue weighted by molar-refractivity contribution is 5.79. The molecule has 0 aliphatic carbocycles. The predicted octanol–water partition coefficient (Wildman–Crippen LogP) is 2.66. The molecule has 0 spiro atoms. The van der Waals surface area contributed by atoms with Gasteiger partial charge in [0, 0.05) is 33.7 Å². The van der Waals surface area contributed by atoms with Crippen molar-refractivity contribution < 1.29 is 33.4 Å². The molecule has 0 saturated carbocycles. The lowest BCUT2D eigenvalue weighted by molar-refractivity contribution is -0.159. The molecular formula is C22H31NO7. The summed E-state index contributed by atoms with van der Waals surface area (Å²) in [7, 11) is 1.63. The Morgan fingerprint density at radius 1 is 0.900 bits per heavy atom. The van der Waals surface area contributed by atoms with Crippen molar-refractivity contribution in [2.24, 2.45) is 5.92 Å². The van der Waals surface area contributed by atoms with E-state index in [1.54, 1.807) is 20.9 Å². The number of carbonyl (C=O) groups excluding carboxylic acids is 4. The van der Waals surface area contributed by atoms with Gasteiger partial charge in [-0.2, -0.15) is 0 Å². The van der Waals surface area contributed by atoms with Crippen LogP contribution in [-0.2, 0) is 33.4 Å². The van der Waals surface area contributed by atoms with Crippen LogP contribution in [0.25, 0.3) is 0 Å². The summed E-state index contributed by atoms with van der Waals surface area (Å²) in [6.07, 6.45) is -1.17. The monoisotopic (exact) mass is 421 g/mol. The Morgan fingerprint density at radius 2 is 1.47 bits per heavy atom. The van der Waals surface area contributed by atoms with Crippen LogP contribution in [0.2, 0.25) is 0 Å². The van der Waals surface area contributed by atoms with Crippen molar-refractivity contribution in [3.05, 3.63) is 35.9 Å². The summed E-state index contributed by atoms with van der Waals surface area (Å²) in [5.74, 6) is -2.20. The zero-order valence-corrected chi connectivity index (χ0v) is 18.4. The lowest BCUT2D eigenvalue weighted by atomic mass is 9.98. The Morgan fingerprint density at radius 3 is 1.97 bits per heavy atom. The molecule has 0 unspecified atom stereocenters. The van der Waals surface area contributed by atoms with Gasteiger partial charge in [-0.3, -0.25) is 19.2 Å². The van der Waals surface area contributed by atoms with Gasteiger partial charge in [-0.15, -0.1) is 0 Å². The number of hydrogen-bond acceptors (Lipinski definition) is 7. The minimum absolute atomic E-state index is 0.119. The first-order valence-corrected chi connectivity index (χ1v) is 9.82. The summed E-state index contributed by atoms with van der Waals surface area (Å²) in [5, 5.41) is 0. The topological polar surface area (TPSA) is 99.2 Å². The molecule has 166 valence electrons. The molecule has 0 radical (unpaired) electrons. The summed E-state index contributed by atoms with van der Waals surface area (Å²) < 4.78 is 15.6. The highest BCUT2D eigenvalue weighted by Crippen LogP contribution is 2.26. The fraction of sp³-hybridized carbons (Fsp3) is 0.545. The van der Waals surface area contributed by atoms with E-state index >= 15 is 0 Å². The van der Waals surface area contributed by atoms with Crippen LogP contribution < -0.4 is 0 Å². The van der Waals surface area contributed by atoms with Crippen LogP contribution >= 0.6 is 0 Å². The third-order valence-electron chi connectivity index (χ3n) is 4.66. The molecule has 1 amide bonds. The zero-order chi connectivity index (χ0) is 22.8. The van der Waals surface area contributed by atoms with Crippen LogP contribution in [0.3, 0.4) is 0 Å². The molecule has 8 nitrogen and oxygen atoms in total. The Balaban J connectivity index is 2.90. The number of benzene rings is 1. The van der Waals surface area contributed by atoms with Crippen molar-refractivity contribution in [2.45, 2.75) is 59.3 Å². The maximum atomic E-state index is 13.0. The number of ether oxygens (including phenoxy) is 3. The maximum Gasteiger partial charge on any atom is 0.303 e. The van der Waals surface area contributed by atoms with Crippen LogP contribution in [0.15, 0.2) is 30.3 Å². The first-order valence-electron chi connectivity index (χ1n) is 9.82. The summed E-state index contributed by atoms with van der Waals surface area (Å²) in [4.78, 5) is 48.5. The maximum absolute atomic E-state index is 13.0. The molecule has 0 saturated heterocycles. The van der Waals surface area contributed by atoms with Crippen molar-refractivity contribution >= 4 is 23.8 Å². The molecule has 0 aromatic heterocycles. The second kappa shape index (κ2) is 11.9. The van der Waals surface area contributed by atoms with E-state index in [0.717, 1.165) is 5.56 Å². The largest absolute Gasteiger partial charge is 0.462 e. The average Bonchev–Trinajstić information content (AvgIpc) is 2.68.